The van der Waals surface area contributed by atoms with E-state index < -0.39 is 42.0 Å². The first-order valence-corrected chi connectivity index (χ1v) is 7.27. The van der Waals surface area contributed by atoms with Crippen molar-refractivity contribution in [2.75, 3.05) is 6.61 Å². The molecule has 0 aliphatic heterocycles. The molecule has 0 aliphatic carbocycles. The summed E-state index contributed by atoms with van der Waals surface area (Å²) in [5.41, 5.74) is -3.10. The number of nitrogens with zero attached hydrogens (tertiary/aromatic N) is 1. The number of halogens is 4. The molecule has 0 amide bonds. The van der Waals surface area contributed by atoms with Crippen LogP contribution in [0.15, 0.2) is 17.0 Å². The third-order valence-electron chi connectivity index (χ3n) is 2.13. The molecule has 1 rings (SSSR count). The molecule has 0 atom stereocenters. The smallest absolute Gasteiger partial charge is 0.423 e. The molecule has 0 aromatic heterocycles. The summed E-state index contributed by atoms with van der Waals surface area (Å²) in [6.07, 6.45) is -5.04. The Bertz CT molecular complexity index is 644. The third kappa shape index (κ3) is 3.31. The van der Waals surface area contributed by atoms with Crippen molar-refractivity contribution in [3.63, 3.8) is 0 Å². The zero-order valence-electron chi connectivity index (χ0n) is 9.77. The molecule has 0 radical (unpaired) electrons. The lowest BCUT2D eigenvalue weighted by molar-refractivity contribution is -0.389. The fourth-order valence-corrected chi connectivity index (χ4v) is 2.41. The number of rotatable bonds is 4. The number of nitro groups is 1. The standard InChI is InChI=1S/C9H7ClF3NO5S/c1-2-19-8-6(20(10,17)18)4-3-5(9(11,12)13)7(8)14(15)16/h3-4H,2H2,1H3. The molecule has 0 saturated heterocycles. The van der Waals surface area contributed by atoms with E-state index in [4.69, 9.17) is 10.7 Å². The van der Waals surface area contributed by atoms with E-state index in [1.165, 1.54) is 6.92 Å². The van der Waals surface area contributed by atoms with E-state index >= 15 is 0 Å². The van der Waals surface area contributed by atoms with Crippen molar-refractivity contribution in [3.8, 4) is 5.75 Å². The fraction of sp³-hybridized carbons (Fsp3) is 0.333. The zero-order chi connectivity index (χ0) is 15.7. The van der Waals surface area contributed by atoms with Crippen LogP contribution in [0, 0.1) is 10.1 Å². The van der Waals surface area contributed by atoms with E-state index in [2.05, 4.69) is 4.74 Å². The zero-order valence-corrected chi connectivity index (χ0v) is 11.3. The minimum absolute atomic E-state index is 0.274. The number of hydrogen-bond acceptors (Lipinski definition) is 5. The molecule has 0 bridgehead atoms. The third-order valence-corrected chi connectivity index (χ3v) is 3.48. The lowest BCUT2D eigenvalue weighted by atomic mass is 10.1. The fourth-order valence-electron chi connectivity index (χ4n) is 1.44. The maximum atomic E-state index is 12.7. The van der Waals surface area contributed by atoms with Crippen LogP contribution in [0.5, 0.6) is 5.75 Å². The van der Waals surface area contributed by atoms with Crippen molar-refractivity contribution in [2.45, 2.75) is 18.0 Å². The average molecular weight is 334 g/mol. The second kappa shape index (κ2) is 5.44. The largest absolute Gasteiger partial charge is 0.486 e. The maximum absolute atomic E-state index is 12.7. The summed E-state index contributed by atoms with van der Waals surface area (Å²) >= 11 is 0. The van der Waals surface area contributed by atoms with Crippen LogP contribution in [0.2, 0.25) is 0 Å². The predicted molar refractivity (Wildman–Crippen MR) is 62.3 cm³/mol. The van der Waals surface area contributed by atoms with Crippen molar-refractivity contribution in [3.05, 3.63) is 27.8 Å². The van der Waals surface area contributed by atoms with E-state index in [0.29, 0.717) is 6.07 Å². The molecular formula is C9H7ClF3NO5S. The molecule has 0 heterocycles. The molecule has 20 heavy (non-hydrogen) atoms. The summed E-state index contributed by atoms with van der Waals surface area (Å²) in [5.74, 6) is -1.03. The van der Waals surface area contributed by atoms with Crippen LogP contribution in [-0.2, 0) is 15.2 Å². The SMILES string of the molecule is CCOc1c(S(=O)(=O)Cl)ccc(C(F)(F)F)c1[N+](=O)[O-]. The monoisotopic (exact) mass is 333 g/mol. The van der Waals surface area contributed by atoms with Crippen LogP contribution < -0.4 is 4.74 Å². The molecule has 112 valence electrons. The Morgan fingerprint density at radius 2 is 1.95 bits per heavy atom. The topological polar surface area (TPSA) is 86.5 Å². The van der Waals surface area contributed by atoms with Gasteiger partial charge in [-0.15, -0.1) is 0 Å². The second-order valence-electron chi connectivity index (χ2n) is 3.41. The van der Waals surface area contributed by atoms with E-state index in [0.717, 1.165) is 0 Å². The molecule has 0 spiro atoms. The van der Waals surface area contributed by atoms with Crippen LogP contribution in [0.4, 0.5) is 18.9 Å². The van der Waals surface area contributed by atoms with Gasteiger partial charge in [-0.25, -0.2) is 8.42 Å². The number of ether oxygens (including phenoxy) is 1. The summed E-state index contributed by atoms with van der Waals surface area (Å²) in [6.45, 7) is 1.05. The predicted octanol–water partition coefficient (Wildman–Crippen LogP) is 2.94. The quantitative estimate of drug-likeness (QED) is 0.480. The molecule has 6 nitrogen and oxygen atoms in total. The highest BCUT2D eigenvalue weighted by Gasteiger charge is 2.42. The summed E-state index contributed by atoms with van der Waals surface area (Å²) in [4.78, 5) is 8.58. The Morgan fingerprint density at radius 3 is 2.30 bits per heavy atom. The van der Waals surface area contributed by atoms with Crippen LogP contribution in [-0.4, -0.2) is 19.9 Å². The van der Waals surface area contributed by atoms with Gasteiger partial charge in [0.2, 0.25) is 5.75 Å². The molecule has 0 fully saturated rings. The van der Waals surface area contributed by atoms with E-state index in [-0.39, 0.29) is 12.7 Å². The first-order chi connectivity index (χ1) is 9.00. The van der Waals surface area contributed by atoms with Crippen LogP contribution in [0.1, 0.15) is 12.5 Å². The highest BCUT2D eigenvalue weighted by atomic mass is 35.7. The van der Waals surface area contributed by atoms with Gasteiger partial charge in [0, 0.05) is 10.7 Å². The van der Waals surface area contributed by atoms with Gasteiger partial charge in [0.15, 0.2) is 0 Å². The Balaban J connectivity index is 3.82. The van der Waals surface area contributed by atoms with Crippen molar-refractivity contribution in [2.24, 2.45) is 0 Å². The lowest BCUT2D eigenvalue weighted by Crippen LogP contribution is -2.12. The number of alkyl halides is 3. The number of nitro benzene ring substituents is 1. The van der Waals surface area contributed by atoms with Crippen LogP contribution in [0.25, 0.3) is 0 Å². The molecule has 1 aromatic carbocycles. The Morgan fingerprint density at radius 1 is 1.40 bits per heavy atom. The summed E-state index contributed by atoms with van der Waals surface area (Å²) in [5, 5.41) is 10.8. The van der Waals surface area contributed by atoms with E-state index in [9.17, 15) is 31.7 Å². The van der Waals surface area contributed by atoms with Crippen molar-refractivity contribution in [1.29, 1.82) is 0 Å². The Labute approximate surface area is 115 Å². The van der Waals surface area contributed by atoms with Gasteiger partial charge in [0.1, 0.15) is 10.5 Å². The van der Waals surface area contributed by atoms with Crippen LogP contribution >= 0.6 is 10.7 Å². The normalized spacial score (nSPS) is 12.2. The molecule has 0 aliphatic rings. The highest BCUT2D eigenvalue weighted by molar-refractivity contribution is 8.13. The van der Waals surface area contributed by atoms with Gasteiger partial charge in [0.25, 0.3) is 9.05 Å². The first kappa shape index (κ1) is 16.5. The molecule has 11 heteroatoms. The lowest BCUT2D eigenvalue weighted by Gasteiger charge is -2.13. The van der Waals surface area contributed by atoms with Gasteiger partial charge in [0.05, 0.1) is 11.5 Å². The van der Waals surface area contributed by atoms with Gasteiger partial charge in [-0.3, -0.25) is 10.1 Å². The summed E-state index contributed by atoms with van der Waals surface area (Å²) in [7, 11) is 0.533. The number of hydrogen-bond donors (Lipinski definition) is 0. The Kier molecular flexibility index (Phi) is 4.49. The summed E-state index contributed by atoms with van der Waals surface area (Å²) in [6, 6.07) is 0.791. The molecular weight excluding hydrogens is 327 g/mol. The van der Waals surface area contributed by atoms with Crippen molar-refractivity contribution >= 4 is 25.4 Å². The molecule has 0 unspecified atom stereocenters. The minimum Gasteiger partial charge on any atom is -0.486 e. The van der Waals surface area contributed by atoms with Gasteiger partial charge < -0.3 is 4.74 Å². The van der Waals surface area contributed by atoms with Crippen molar-refractivity contribution in [1.82, 2.24) is 0 Å². The van der Waals surface area contributed by atoms with E-state index in [1.807, 2.05) is 0 Å². The molecule has 0 N–H and O–H groups in total. The first-order valence-electron chi connectivity index (χ1n) is 4.96. The Hall–Kier alpha value is -1.55. The summed E-state index contributed by atoms with van der Waals surface area (Å²) < 4.78 is 65.3. The number of benzene rings is 1. The average Bonchev–Trinajstić information content (AvgIpc) is 2.25. The second-order valence-corrected chi connectivity index (χ2v) is 5.95. The van der Waals surface area contributed by atoms with E-state index in [1.54, 1.807) is 0 Å². The molecule has 0 saturated carbocycles. The minimum atomic E-state index is -5.04. The van der Waals surface area contributed by atoms with Gasteiger partial charge in [-0.1, -0.05) is 0 Å². The van der Waals surface area contributed by atoms with Gasteiger partial charge in [-0.05, 0) is 19.1 Å². The van der Waals surface area contributed by atoms with Crippen LogP contribution in [0.3, 0.4) is 0 Å². The van der Waals surface area contributed by atoms with Crippen molar-refractivity contribution < 1.29 is 31.2 Å². The molecule has 1 aromatic rings. The maximum Gasteiger partial charge on any atom is 0.423 e. The van der Waals surface area contributed by atoms with Gasteiger partial charge >= 0.3 is 11.9 Å². The highest BCUT2D eigenvalue weighted by Crippen LogP contribution is 2.45. The van der Waals surface area contributed by atoms with Gasteiger partial charge in [-0.2, -0.15) is 13.2 Å².